The first-order valence-corrected chi connectivity index (χ1v) is 6.29. The van der Waals surface area contributed by atoms with Gasteiger partial charge in [-0.25, -0.2) is 0 Å². The van der Waals surface area contributed by atoms with E-state index in [1.165, 1.54) is 38.5 Å². The third-order valence-corrected chi connectivity index (χ3v) is 3.88. The molecule has 0 radical (unpaired) electrons. The number of hydrogen-bond acceptors (Lipinski definition) is 2. The number of nitrogens with one attached hydrogen (secondary N) is 1. The van der Waals surface area contributed by atoms with Gasteiger partial charge in [-0.1, -0.05) is 25.7 Å². The lowest BCUT2D eigenvalue weighted by Crippen LogP contribution is -2.49. The summed E-state index contributed by atoms with van der Waals surface area (Å²) in [7, 11) is 0. The first kappa shape index (κ1) is 13.3. The molecule has 1 aliphatic carbocycles. The maximum atomic E-state index is 9.95. The number of halogens is 1. The summed E-state index contributed by atoms with van der Waals surface area (Å²) in [4.78, 5) is 0. The third kappa shape index (κ3) is 3.61. The van der Waals surface area contributed by atoms with Crippen LogP contribution in [-0.2, 0) is 0 Å². The van der Waals surface area contributed by atoms with Crippen molar-refractivity contribution in [1.82, 2.24) is 5.32 Å². The number of hydrogen-bond donors (Lipinski definition) is 2. The molecule has 3 heteroatoms. The largest absolute Gasteiger partial charge is 0.391 e. The summed E-state index contributed by atoms with van der Waals surface area (Å²) in [5, 5.41) is 13.5. The third-order valence-electron chi connectivity index (χ3n) is 3.88. The van der Waals surface area contributed by atoms with E-state index in [-0.39, 0.29) is 18.5 Å². The zero-order valence-electron chi connectivity index (χ0n) is 9.45. The quantitative estimate of drug-likeness (QED) is 0.683. The average molecular weight is 234 g/mol. The molecule has 2 aliphatic rings. The van der Waals surface area contributed by atoms with Gasteiger partial charge in [0.25, 0.3) is 0 Å². The summed E-state index contributed by atoms with van der Waals surface area (Å²) < 4.78 is 0. The highest BCUT2D eigenvalue weighted by Crippen LogP contribution is 2.29. The van der Waals surface area contributed by atoms with Crippen molar-refractivity contribution in [3.8, 4) is 0 Å². The van der Waals surface area contributed by atoms with Gasteiger partial charge in [0.15, 0.2) is 0 Å². The van der Waals surface area contributed by atoms with Gasteiger partial charge in [-0.3, -0.25) is 0 Å². The summed E-state index contributed by atoms with van der Waals surface area (Å²) >= 11 is 0. The molecule has 2 fully saturated rings. The van der Waals surface area contributed by atoms with E-state index in [9.17, 15) is 5.11 Å². The number of rotatable bonds is 1. The molecule has 0 aromatic rings. The van der Waals surface area contributed by atoms with E-state index in [0.717, 1.165) is 25.3 Å². The highest BCUT2D eigenvalue weighted by atomic mass is 35.5. The zero-order chi connectivity index (χ0) is 9.80. The van der Waals surface area contributed by atoms with E-state index in [0.29, 0.717) is 6.04 Å². The van der Waals surface area contributed by atoms with Crippen molar-refractivity contribution in [2.75, 3.05) is 6.54 Å². The first-order valence-electron chi connectivity index (χ1n) is 6.29. The number of aliphatic hydroxyl groups is 1. The summed E-state index contributed by atoms with van der Waals surface area (Å²) in [6.07, 6.45) is 10.3. The Balaban J connectivity index is 0.00000112. The Kier molecular flexibility index (Phi) is 5.95. The zero-order valence-corrected chi connectivity index (χ0v) is 10.3. The average Bonchev–Trinajstić information content (AvgIpc) is 2.47. The summed E-state index contributed by atoms with van der Waals surface area (Å²) in [5.41, 5.74) is 0. The molecular formula is C12H24ClNO. The fourth-order valence-corrected chi connectivity index (χ4v) is 3.05. The minimum atomic E-state index is -0.0770. The molecule has 15 heavy (non-hydrogen) atoms. The summed E-state index contributed by atoms with van der Waals surface area (Å²) in [6, 6.07) is 0.404. The molecule has 1 heterocycles. The molecule has 2 nitrogen and oxygen atoms in total. The van der Waals surface area contributed by atoms with Gasteiger partial charge in [-0.05, 0) is 38.1 Å². The predicted octanol–water partition coefficient (Wildman–Crippen LogP) is 2.49. The molecule has 0 aromatic heterocycles. The van der Waals surface area contributed by atoms with Crippen molar-refractivity contribution in [3.05, 3.63) is 0 Å². The van der Waals surface area contributed by atoms with Gasteiger partial charge < -0.3 is 10.4 Å². The Morgan fingerprint density at radius 3 is 2.13 bits per heavy atom. The number of aliphatic hydroxyl groups excluding tert-OH is 1. The molecule has 2 N–H and O–H groups in total. The Labute approximate surface area is 99.2 Å². The van der Waals surface area contributed by atoms with Gasteiger partial charge >= 0.3 is 0 Å². The van der Waals surface area contributed by atoms with E-state index in [1.807, 2.05) is 0 Å². The predicted molar refractivity (Wildman–Crippen MR) is 65.5 cm³/mol. The van der Waals surface area contributed by atoms with Crippen molar-refractivity contribution in [1.29, 1.82) is 0 Å². The van der Waals surface area contributed by atoms with Crippen molar-refractivity contribution in [2.24, 2.45) is 5.92 Å². The van der Waals surface area contributed by atoms with Crippen LogP contribution in [0.15, 0.2) is 0 Å². The first-order chi connectivity index (χ1) is 6.88. The minimum absolute atomic E-state index is 0. The second-order valence-corrected chi connectivity index (χ2v) is 4.94. The topological polar surface area (TPSA) is 32.3 Å². The second kappa shape index (κ2) is 6.72. The van der Waals surface area contributed by atoms with Crippen LogP contribution in [-0.4, -0.2) is 23.8 Å². The Bertz CT molecular complexity index is 169. The molecule has 0 amide bonds. The molecule has 1 saturated carbocycles. The molecule has 0 bridgehead atoms. The second-order valence-electron chi connectivity index (χ2n) is 4.94. The van der Waals surface area contributed by atoms with E-state index in [4.69, 9.17) is 0 Å². The van der Waals surface area contributed by atoms with Crippen molar-refractivity contribution in [3.63, 3.8) is 0 Å². The van der Waals surface area contributed by atoms with Gasteiger partial charge in [0.05, 0.1) is 6.10 Å². The van der Waals surface area contributed by atoms with Crippen LogP contribution < -0.4 is 5.32 Å². The highest BCUT2D eigenvalue weighted by molar-refractivity contribution is 5.85. The van der Waals surface area contributed by atoms with Crippen LogP contribution in [0.1, 0.15) is 51.4 Å². The standard InChI is InChI=1S/C12H23NO.ClH/c14-11-8-5-9-13-12(11)10-6-3-1-2-4-7-10;/h10-14H,1-9H2;1H. The van der Waals surface area contributed by atoms with Gasteiger partial charge in [0.2, 0.25) is 0 Å². The lowest BCUT2D eigenvalue weighted by Gasteiger charge is -2.35. The lowest BCUT2D eigenvalue weighted by molar-refractivity contribution is 0.0636. The fourth-order valence-electron chi connectivity index (χ4n) is 3.05. The van der Waals surface area contributed by atoms with Crippen LogP contribution in [0.2, 0.25) is 0 Å². The van der Waals surface area contributed by atoms with Crippen LogP contribution in [0.25, 0.3) is 0 Å². The van der Waals surface area contributed by atoms with Crippen molar-refractivity contribution >= 4 is 12.4 Å². The summed E-state index contributed by atoms with van der Waals surface area (Å²) in [5.74, 6) is 0.743. The molecule has 2 unspecified atom stereocenters. The monoisotopic (exact) mass is 233 g/mol. The van der Waals surface area contributed by atoms with Crippen LogP contribution in [0.3, 0.4) is 0 Å². The molecule has 2 atom stereocenters. The molecular weight excluding hydrogens is 210 g/mol. The van der Waals surface area contributed by atoms with E-state index >= 15 is 0 Å². The normalized spacial score (nSPS) is 34.2. The van der Waals surface area contributed by atoms with Crippen LogP contribution >= 0.6 is 12.4 Å². The number of piperidine rings is 1. The maximum Gasteiger partial charge on any atom is 0.0696 e. The van der Waals surface area contributed by atoms with E-state index < -0.39 is 0 Å². The minimum Gasteiger partial charge on any atom is -0.391 e. The smallest absolute Gasteiger partial charge is 0.0696 e. The van der Waals surface area contributed by atoms with Gasteiger partial charge in [0.1, 0.15) is 0 Å². The lowest BCUT2D eigenvalue weighted by atomic mass is 9.85. The molecule has 1 aliphatic heterocycles. The fraction of sp³-hybridized carbons (Fsp3) is 1.00. The molecule has 90 valence electrons. The van der Waals surface area contributed by atoms with Crippen LogP contribution in [0, 0.1) is 5.92 Å². The van der Waals surface area contributed by atoms with Gasteiger partial charge in [-0.2, -0.15) is 0 Å². The van der Waals surface area contributed by atoms with Crippen LogP contribution in [0.4, 0.5) is 0 Å². The SMILES string of the molecule is Cl.OC1CCCNC1C1CCCCCC1. The Morgan fingerprint density at radius 2 is 1.53 bits per heavy atom. The van der Waals surface area contributed by atoms with Gasteiger partial charge in [0, 0.05) is 6.04 Å². The van der Waals surface area contributed by atoms with Crippen LogP contribution in [0.5, 0.6) is 0 Å². The van der Waals surface area contributed by atoms with E-state index in [1.54, 1.807) is 0 Å². The van der Waals surface area contributed by atoms with Crippen molar-refractivity contribution in [2.45, 2.75) is 63.5 Å². The maximum absolute atomic E-state index is 9.95. The summed E-state index contributed by atoms with van der Waals surface area (Å²) in [6.45, 7) is 1.11. The Hall–Kier alpha value is 0.210. The molecule has 0 spiro atoms. The van der Waals surface area contributed by atoms with E-state index in [2.05, 4.69) is 5.32 Å². The van der Waals surface area contributed by atoms with Crippen molar-refractivity contribution < 1.29 is 5.11 Å². The molecule has 2 rings (SSSR count). The Morgan fingerprint density at radius 1 is 0.867 bits per heavy atom. The molecule has 1 saturated heterocycles. The highest BCUT2D eigenvalue weighted by Gasteiger charge is 2.30. The molecule has 0 aromatic carbocycles. The van der Waals surface area contributed by atoms with Gasteiger partial charge in [-0.15, -0.1) is 12.4 Å².